The molecule has 0 atom stereocenters. The highest BCUT2D eigenvalue weighted by atomic mass is 16.5. The van der Waals surface area contributed by atoms with Crippen LogP contribution in [0.5, 0.6) is 5.75 Å². The molecule has 0 aromatic heterocycles. The van der Waals surface area contributed by atoms with Crippen molar-refractivity contribution < 1.29 is 14.3 Å². The van der Waals surface area contributed by atoms with Crippen molar-refractivity contribution in [3.8, 4) is 17.9 Å². The first kappa shape index (κ1) is 14.3. The smallest absolute Gasteiger partial charge is 0.337 e. The molecule has 0 unspecified atom stereocenters. The number of hydrogen-bond acceptors (Lipinski definition) is 5. The van der Waals surface area contributed by atoms with Crippen molar-refractivity contribution in [2.45, 2.75) is 6.92 Å². The van der Waals surface area contributed by atoms with Crippen molar-refractivity contribution in [3.05, 3.63) is 34.9 Å². The summed E-state index contributed by atoms with van der Waals surface area (Å²) in [6, 6.07) is 8.21. The van der Waals surface area contributed by atoms with E-state index in [1.807, 2.05) is 0 Å². The van der Waals surface area contributed by atoms with E-state index in [0.29, 0.717) is 23.5 Å². The molecule has 0 N–H and O–H groups in total. The van der Waals surface area contributed by atoms with Gasteiger partial charge in [-0.15, -0.1) is 0 Å². The fourth-order valence-electron chi connectivity index (χ4n) is 1.42. The third-order valence-electron chi connectivity index (χ3n) is 2.28. The first-order valence-corrected chi connectivity index (χ1v) is 5.53. The van der Waals surface area contributed by atoms with Crippen molar-refractivity contribution in [2.24, 2.45) is 0 Å². The number of nitrogens with zero attached hydrogens (tertiary/aromatic N) is 2. The molecule has 0 radical (unpaired) electrons. The number of ether oxygens (including phenoxy) is 2. The Kier molecular flexibility index (Phi) is 5.13. The Hall–Kier alpha value is -2.79. The maximum absolute atomic E-state index is 11.4. The first-order valence-electron chi connectivity index (χ1n) is 5.53. The Morgan fingerprint density at radius 3 is 2.58 bits per heavy atom. The minimum absolute atomic E-state index is 0.0354. The van der Waals surface area contributed by atoms with Crippen LogP contribution in [0, 0.1) is 22.7 Å². The van der Waals surface area contributed by atoms with E-state index in [2.05, 4.69) is 4.74 Å². The standard InChI is InChI=1S/C14H12N2O3/c1-3-19-13-7-12(14(17)18-2)5-4-11(13)6-10(8-15)9-16/h4-7H,3H2,1-2H3. The van der Waals surface area contributed by atoms with Crippen LogP contribution in [0.3, 0.4) is 0 Å². The van der Waals surface area contributed by atoms with E-state index in [1.165, 1.54) is 19.3 Å². The van der Waals surface area contributed by atoms with Crippen molar-refractivity contribution >= 4 is 12.0 Å². The predicted molar refractivity (Wildman–Crippen MR) is 68.2 cm³/mol. The molecule has 0 saturated carbocycles. The van der Waals surface area contributed by atoms with Crippen LogP contribution in [0.1, 0.15) is 22.8 Å². The Morgan fingerprint density at radius 1 is 1.37 bits per heavy atom. The van der Waals surface area contributed by atoms with Crippen LogP contribution in [0.2, 0.25) is 0 Å². The average molecular weight is 256 g/mol. The summed E-state index contributed by atoms with van der Waals surface area (Å²) in [6.45, 7) is 2.20. The molecule has 1 rings (SSSR count). The Balaban J connectivity index is 3.27. The van der Waals surface area contributed by atoms with Crippen molar-refractivity contribution in [1.82, 2.24) is 0 Å². The van der Waals surface area contributed by atoms with E-state index >= 15 is 0 Å². The van der Waals surface area contributed by atoms with Crippen LogP contribution in [0.25, 0.3) is 6.08 Å². The summed E-state index contributed by atoms with van der Waals surface area (Å²) in [5, 5.41) is 17.5. The molecule has 0 heterocycles. The molecule has 0 fully saturated rings. The molecule has 0 bridgehead atoms. The Bertz CT molecular complexity index is 576. The van der Waals surface area contributed by atoms with Gasteiger partial charge in [-0.05, 0) is 25.1 Å². The Morgan fingerprint density at radius 2 is 2.05 bits per heavy atom. The summed E-state index contributed by atoms with van der Waals surface area (Å²) in [7, 11) is 1.29. The molecule has 19 heavy (non-hydrogen) atoms. The van der Waals surface area contributed by atoms with Gasteiger partial charge in [0.2, 0.25) is 0 Å². The van der Waals surface area contributed by atoms with Gasteiger partial charge < -0.3 is 9.47 Å². The molecule has 5 heteroatoms. The molecule has 0 aliphatic heterocycles. The SMILES string of the molecule is CCOc1cc(C(=O)OC)ccc1C=C(C#N)C#N. The molecule has 1 aromatic rings. The summed E-state index contributed by atoms with van der Waals surface area (Å²) >= 11 is 0. The predicted octanol–water partition coefficient (Wildman–Crippen LogP) is 2.30. The van der Waals surface area contributed by atoms with Crippen molar-refractivity contribution in [3.63, 3.8) is 0 Å². The van der Waals surface area contributed by atoms with E-state index in [9.17, 15) is 4.79 Å². The minimum atomic E-state index is -0.475. The number of rotatable bonds is 4. The van der Waals surface area contributed by atoms with Crippen LogP contribution in [-0.4, -0.2) is 19.7 Å². The van der Waals surface area contributed by atoms with E-state index in [4.69, 9.17) is 15.3 Å². The van der Waals surface area contributed by atoms with Crippen LogP contribution in [-0.2, 0) is 4.74 Å². The quantitative estimate of drug-likeness (QED) is 0.609. The van der Waals surface area contributed by atoms with Crippen molar-refractivity contribution in [1.29, 1.82) is 10.5 Å². The number of benzene rings is 1. The molecule has 0 saturated heterocycles. The maximum atomic E-state index is 11.4. The molecule has 1 aromatic carbocycles. The highest BCUT2D eigenvalue weighted by Crippen LogP contribution is 2.23. The molecule has 96 valence electrons. The lowest BCUT2D eigenvalue weighted by Gasteiger charge is -2.09. The summed E-state index contributed by atoms with van der Waals surface area (Å²) in [5.41, 5.74) is 0.873. The van der Waals surface area contributed by atoms with Crippen LogP contribution >= 0.6 is 0 Å². The molecular weight excluding hydrogens is 244 g/mol. The molecular formula is C14H12N2O3. The highest BCUT2D eigenvalue weighted by Gasteiger charge is 2.10. The first-order chi connectivity index (χ1) is 9.15. The fourth-order valence-corrected chi connectivity index (χ4v) is 1.42. The zero-order valence-corrected chi connectivity index (χ0v) is 10.6. The average Bonchev–Trinajstić information content (AvgIpc) is 2.45. The van der Waals surface area contributed by atoms with Crippen molar-refractivity contribution in [2.75, 3.05) is 13.7 Å². The van der Waals surface area contributed by atoms with E-state index in [0.717, 1.165) is 0 Å². The highest BCUT2D eigenvalue weighted by molar-refractivity contribution is 5.90. The normalized spacial score (nSPS) is 8.84. The van der Waals surface area contributed by atoms with Gasteiger partial charge in [-0.1, -0.05) is 6.07 Å². The van der Waals surface area contributed by atoms with Crippen LogP contribution in [0.4, 0.5) is 0 Å². The number of methoxy groups -OCH3 is 1. The number of carbonyl (C=O) groups is 1. The number of hydrogen-bond donors (Lipinski definition) is 0. The number of esters is 1. The van der Waals surface area contributed by atoms with Crippen LogP contribution in [0.15, 0.2) is 23.8 Å². The summed E-state index contributed by atoms with van der Waals surface area (Å²) < 4.78 is 10.0. The zero-order valence-electron chi connectivity index (χ0n) is 10.6. The van der Waals surface area contributed by atoms with Gasteiger partial charge in [-0.25, -0.2) is 4.79 Å². The van der Waals surface area contributed by atoms with Gasteiger partial charge in [0.25, 0.3) is 0 Å². The third kappa shape index (κ3) is 3.58. The lowest BCUT2D eigenvalue weighted by atomic mass is 10.1. The third-order valence-corrected chi connectivity index (χ3v) is 2.28. The monoisotopic (exact) mass is 256 g/mol. The largest absolute Gasteiger partial charge is 0.493 e. The van der Waals surface area contributed by atoms with Gasteiger partial charge in [0, 0.05) is 5.56 Å². The fraction of sp³-hybridized carbons (Fsp3) is 0.214. The van der Waals surface area contributed by atoms with Gasteiger partial charge in [-0.2, -0.15) is 10.5 Å². The number of allylic oxidation sites excluding steroid dienone is 1. The number of carbonyl (C=O) groups excluding carboxylic acids is 1. The van der Waals surface area contributed by atoms with Gasteiger partial charge >= 0.3 is 5.97 Å². The minimum Gasteiger partial charge on any atom is -0.493 e. The molecule has 5 nitrogen and oxygen atoms in total. The lowest BCUT2D eigenvalue weighted by Crippen LogP contribution is -2.03. The molecule has 0 aliphatic rings. The van der Waals surface area contributed by atoms with Gasteiger partial charge in [0.1, 0.15) is 23.5 Å². The Labute approximate surface area is 111 Å². The van der Waals surface area contributed by atoms with E-state index in [-0.39, 0.29) is 5.57 Å². The second-order valence-corrected chi connectivity index (χ2v) is 3.46. The molecule has 0 aliphatic carbocycles. The summed E-state index contributed by atoms with van der Waals surface area (Å²) in [5.74, 6) is -0.0503. The maximum Gasteiger partial charge on any atom is 0.337 e. The second-order valence-electron chi connectivity index (χ2n) is 3.46. The second kappa shape index (κ2) is 6.83. The van der Waals surface area contributed by atoms with Gasteiger partial charge in [0.05, 0.1) is 19.3 Å². The topological polar surface area (TPSA) is 83.1 Å². The molecule has 0 amide bonds. The molecule has 0 spiro atoms. The number of nitriles is 2. The summed E-state index contributed by atoms with van der Waals surface area (Å²) in [6.07, 6.45) is 1.41. The van der Waals surface area contributed by atoms with Crippen LogP contribution < -0.4 is 4.74 Å². The van der Waals surface area contributed by atoms with E-state index in [1.54, 1.807) is 31.2 Å². The van der Waals surface area contributed by atoms with E-state index < -0.39 is 5.97 Å². The zero-order chi connectivity index (χ0) is 14.3. The summed E-state index contributed by atoms with van der Waals surface area (Å²) in [4.78, 5) is 11.4. The van der Waals surface area contributed by atoms with Gasteiger partial charge in [0.15, 0.2) is 0 Å². The lowest BCUT2D eigenvalue weighted by molar-refractivity contribution is 0.0600. The van der Waals surface area contributed by atoms with Gasteiger partial charge in [-0.3, -0.25) is 0 Å².